The van der Waals surface area contributed by atoms with Gasteiger partial charge in [-0.1, -0.05) is 17.7 Å². The first-order valence-electron chi connectivity index (χ1n) is 7.87. The smallest absolute Gasteiger partial charge is 0.120 e. The summed E-state index contributed by atoms with van der Waals surface area (Å²) in [5, 5.41) is 4.15. The van der Waals surface area contributed by atoms with Crippen molar-refractivity contribution in [2.45, 2.75) is 12.5 Å². The van der Waals surface area contributed by atoms with Crippen molar-refractivity contribution in [1.82, 2.24) is 15.1 Å². The number of hydrogen-bond donors (Lipinski definition) is 1. The first-order chi connectivity index (χ1) is 10.3. The predicted molar refractivity (Wildman–Crippen MR) is 86.2 cm³/mol. The number of rotatable bonds is 5. The van der Waals surface area contributed by atoms with Gasteiger partial charge in [0.1, 0.15) is 12.4 Å². The van der Waals surface area contributed by atoms with Crippen LogP contribution in [-0.2, 0) is 0 Å². The molecule has 3 rings (SSSR count). The highest BCUT2D eigenvalue weighted by Crippen LogP contribution is 2.18. The van der Waals surface area contributed by atoms with E-state index < -0.39 is 0 Å². The molecule has 0 aliphatic carbocycles. The van der Waals surface area contributed by atoms with Crippen LogP contribution in [0.3, 0.4) is 0 Å². The number of piperazine rings is 1. The van der Waals surface area contributed by atoms with E-state index in [2.05, 4.69) is 15.1 Å². The molecule has 2 heterocycles. The van der Waals surface area contributed by atoms with Gasteiger partial charge in [-0.15, -0.1) is 0 Å². The summed E-state index contributed by atoms with van der Waals surface area (Å²) in [6.45, 7) is 8.74. The lowest BCUT2D eigenvalue weighted by Crippen LogP contribution is -2.49. The van der Waals surface area contributed by atoms with Gasteiger partial charge in [-0.25, -0.2) is 0 Å². The van der Waals surface area contributed by atoms with Crippen LogP contribution in [0.1, 0.15) is 6.42 Å². The van der Waals surface area contributed by atoms with E-state index in [0.717, 1.165) is 43.1 Å². The standard InChI is InChI=1S/C16H24ClN3O/c17-14-2-1-3-16(12-14)21-11-10-19-7-4-15(13-19)20-8-5-18-6-9-20/h1-3,12,15,18H,4-11,13H2. The molecular formula is C16H24ClN3O. The molecule has 0 aromatic heterocycles. The molecule has 1 N–H and O–H groups in total. The van der Waals surface area contributed by atoms with Gasteiger partial charge in [0.15, 0.2) is 0 Å². The Balaban J connectivity index is 1.38. The summed E-state index contributed by atoms with van der Waals surface area (Å²) in [6, 6.07) is 8.35. The van der Waals surface area contributed by atoms with E-state index in [1.54, 1.807) is 0 Å². The molecule has 2 aliphatic rings. The molecule has 5 heteroatoms. The van der Waals surface area contributed by atoms with Crippen molar-refractivity contribution >= 4 is 11.6 Å². The summed E-state index contributed by atoms with van der Waals surface area (Å²) in [4.78, 5) is 5.14. The Morgan fingerprint density at radius 3 is 2.90 bits per heavy atom. The van der Waals surface area contributed by atoms with Crippen LogP contribution in [0.4, 0.5) is 0 Å². The lowest BCUT2D eigenvalue weighted by Gasteiger charge is -2.32. The molecule has 1 atom stereocenters. The largest absolute Gasteiger partial charge is 0.492 e. The second-order valence-corrected chi connectivity index (χ2v) is 6.27. The van der Waals surface area contributed by atoms with Crippen LogP contribution < -0.4 is 10.1 Å². The maximum atomic E-state index is 5.95. The molecule has 1 aromatic carbocycles. The molecule has 21 heavy (non-hydrogen) atoms. The zero-order chi connectivity index (χ0) is 14.5. The van der Waals surface area contributed by atoms with E-state index in [1.807, 2.05) is 24.3 Å². The van der Waals surface area contributed by atoms with Crippen LogP contribution in [0.5, 0.6) is 5.75 Å². The monoisotopic (exact) mass is 309 g/mol. The van der Waals surface area contributed by atoms with Gasteiger partial charge in [0.25, 0.3) is 0 Å². The molecule has 1 unspecified atom stereocenters. The Morgan fingerprint density at radius 1 is 1.24 bits per heavy atom. The number of nitrogens with zero attached hydrogens (tertiary/aromatic N) is 2. The fourth-order valence-electron chi connectivity index (χ4n) is 3.21. The molecule has 0 amide bonds. The van der Waals surface area contributed by atoms with E-state index in [0.29, 0.717) is 0 Å². The first-order valence-corrected chi connectivity index (χ1v) is 8.24. The van der Waals surface area contributed by atoms with Crippen LogP contribution in [0, 0.1) is 0 Å². The number of benzene rings is 1. The van der Waals surface area contributed by atoms with Gasteiger partial charge < -0.3 is 10.1 Å². The van der Waals surface area contributed by atoms with Gasteiger partial charge in [-0.2, -0.15) is 0 Å². The van der Waals surface area contributed by atoms with E-state index >= 15 is 0 Å². The molecular weight excluding hydrogens is 286 g/mol. The molecule has 0 radical (unpaired) electrons. The van der Waals surface area contributed by atoms with Crippen molar-refractivity contribution in [3.8, 4) is 5.75 Å². The molecule has 0 spiro atoms. The molecule has 0 saturated carbocycles. The van der Waals surface area contributed by atoms with Crippen LogP contribution in [0.2, 0.25) is 5.02 Å². The summed E-state index contributed by atoms with van der Waals surface area (Å²) in [5.41, 5.74) is 0. The highest BCUT2D eigenvalue weighted by molar-refractivity contribution is 6.30. The summed E-state index contributed by atoms with van der Waals surface area (Å²) in [6.07, 6.45) is 1.29. The molecule has 2 saturated heterocycles. The van der Waals surface area contributed by atoms with Crippen LogP contribution in [0.15, 0.2) is 24.3 Å². The highest BCUT2D eigenvalue weighted by atomic mass is 35.5. The number of nitrogens with one attached hydrogen (secondary N) is 1. The third kappa shape index (κ3) is 4.33. The zero-order valence-corrected chi connectivity index (χ0v) is 13.2. The summed E-state index contributed by atoms with van der Waals surface area (Å²) in [5.74, 6) is 0.861. The Labute approximate surface area is 132 Å². The maximum absolute atomic E-state index is 5.95. The Bertz CT molecular complexity index is 451. The van der Waals surface area contributed by atoms with Crippen molar-refractivity contribution in [1.29, 1.82) is 0 Å². The van der Waals surface area contributed by atoms with Gasteiger partial charge in [0.05, 0.1) is 0 Å². The quantitative estimate of drug-likeness (QED) is 0.896. The van der Waals surface area contributed by atoms with Crippen LogP contribution in [-0.4, -0.2) is 68.3 Å². The van der Waals surface area contributed by atoms with Gasteiger partial charge in [0.2, 0.25) is 0 Å². The average Bonchev–Trinajstić information content (AvgIpc) is 2.97. The predicted octanol–water partition coefficient (Wildman–Crippen LogP) is 1.70. The second-order valence-electron chi connectivity index (χ2n) is 5.83. The second kappa shape index (κ2) is 7.45. The number of ether oxygens (including phenoxy) is 1. The Morgan fingerprint density at radius 2 is 2.10 bits per heavy atom. The van der Waals surface area contributed by atoms with Crippen molar-refractivity contribution in [3.63, 3.8) is 0 Å². The normalized spacial score (nSPS) is 24.3. The maximum Gasteiger partial charge on any atom is 0.120 e. The summed E-state index contributed by atoms with van der Waals surface area (Å²) < 4.78 is 5.78. The summed E-state index contributed by atoms with van der Waals surface area (Å²) in [7, 11) is 0. The molecule has 1 aromatic rings. The van der Waals surface area contributed by atoms with Gasteiger partial charge in [-0.05, 0) is 31.2 Å². The first kappa shape index (κ1) is 15.1. The van der Waals surface area contributed by atoms with E-state index in [4.69, 9.17) is 16.3 Å². The van der Waals surface area contributed by atoms with E-state index in [9.17, 15) is 0 Å². The van der Waals surface area contributed by atoms with Crippen LogP contribution >= 0.6 is 11.6 Å². The lowest BCUT2D eigenvalue weighted by molar-refractivity contribution is 0.165. The molecule has 4 nitrogen and oxygen atoms in total. The van der Waals surface area contributed by atoms with Gasteiger partial charge >= 0.3 is 0 Å². The highest BCUT2D eigenvalue weighted by Gasteiger charge is 2.27. The Kier molecular flexibility index (Phi) is 5.36. The van der Waals surface area contributed by atoms with Crippen molar-refractivity contribution < 1.29 is 4.74 Å². The average molecular weight is 310 g/mol. The minimum atomic E-state index is 0.729. The number of likely N-dealkylation sites (tertiary alicyclic amines) is 1. The fourth-order valence-corrected chi connectivity index (χ4v) is 3.39. The van der Waals surface area contributed by atoms with Crippen molar-refractivity contribution in [2.24, 2.45) is 0 Å². The molecule has 2 aliphatic heterocycles. The number of hydrogen-bond acceptors (Lipinski definition) is 4. The van der Waals surface area contributed by atoms with E-state index in [-0.39, 0.29) is 0 Å². The molecule has 0 bridgehead atoms. The molecule has 2 fully saturated rings. The van der Waals surface area contributed by atoms with Gasteiger partial charge in [0, 0.05) is 50.3 Å². The zero-order valence-electron chi connectivity index (χ0n) is 12.4. The molecule has 116 valence electrons. The topological polar surface area (TPSA) is 27.7 Å². The SMILES string of the molecule is Clc1cccc(OCCN2CCC(N3CCNCC3)C2)c1. The number of halogens is 1. The third-order valence-corrected chi connectivity index (χ3v) is 4.62. The fraction of sp³-hybridized carbons (Fsp3) is 0.625. The minimum Gasteiger partial charge on any atom is -0.492 e. The van der Waals surface area contributed by atoms with Crippen LogP contribution in [0.25, 0.3) is 0 Å². The van der Waals surface area contributed by atoms with Crippen molar-refractivity contribution in [2.75, 3.05) is 52.4 Å². The van der Waals surface area contributed by atoms with E-state index in [1.165, 1.54) is 32.6 Å². The lowest BCUT2D eigenvalue weighted by atomic mass is 10.2. The third-order valence-electron chi connectivity index (χ3n) is 4.39. The summed E-state index contributed by atoms with van der Waals surface area (Å²) >= 11 is 5.95. The van der Waals surface area contributed by atoms with Gasteiger partial charge in [-0.3, -0.25) is 9.80 Å². The Hall–Kier alpha value is -0.810. The minimum absolute atomic E-state index is 0.729. The van der Waals surface area contributed by atoms with Crippen molar-refractivity contribution in [3.05, 3.63) is 29.3 Å².